The summed E-state index contributed by atoms with van der Waals surface area (Å²) >= 11 is 1.76. The summed E-state index contributed by atoms with van der Waals surface area (Å²) in [6, 6.07) is 4.35. The van der Waals surface area contributed by atoms with Gasteiger partial charge in [0.05, 0.1) is 6.10 Å². The summed E-state index contributed by atoms with van der Waals surface area (Å²) < 4.78 is 6.39. The van der Waals surface area contributed by atoms with Crippen LogP contribution >= 0.6 is 11.3 Å². The second-order valence-corrected chi connectivity index (χ2v) is 7.01. The number of nitrogens with two attached hydrogens (primary N) is 1. The molecule has 1 saturated carbocycles. The number of hydrogen-bond acceptors (Lipinski definition) is 3. The van der Waals surface area contributed by atoms with Crippen molar-refractivity contribution in [2.75, 3.05) is 0 Å². The molecule has 0 aromatic carbocycles. The molecule has 3 heteroatoms. The molecule has 0 bridgehead atoms. The van der Waals surface area contributed by atoms with E-state index in [1.165, 1.54) is 24.1 Å². The molecule has 1 aromatic heterocycles. The SMILES string of the molecule is CCC(N)C(OC1CCC(C)C(C)C1)c1cccs1. The summed E-state index contributed by atoms with van der Waals surface area (Å²) in [7, 11) is 0. The summed E-state index contributed by atoms with van der Waals surface area (Å²) in [5, 5.41) is 2.11. The van der Waals surface area contributed by atoms with Gasteiger partial charge in [-0.15, -0.1) is 11.3 Å². The quantitative estimate of drug-likeness (QED) is 0.870. The monoisotopic (exact) mass is 281 g/mol. The van der Waals surface area contributed by atoms with Crippen molar-refractivity contribution in [2.24, 2.45) is 17.6 Å². The molecule has 2 N–H and O–H groups in total. The van der Waals surface area contributed by atoms with Gasteiger partial charge in [-0.3, -0.25) is 0 Å². The molecule has 0 saturated heterocycles. The van der Waals surface area contributed by atoms with Gasteiger partial charge in [-0.05, 0) is 49.0 Å². The molecule has 0 radical (unpaired) electrons. The van der Waals surface area contributed by atoms with E-state index in [2.05, 4.69) is 38.3 Å². The molecular weight excluding hydrogens is 254 g/mol. The van der Waals surface area contributed by atoms with Gasteiger partial charge < -0.3 is 10.5 Å². The third-order valence-electron chi connectivity index (χ3n) is 4.57. The maximum absolute atomic E-state index is 6.39. The van der Waals surface area contributed by atoms with E-state index in [-0.39, 0.29) is 12.1 Å². The lowest BCUT2D eigenvalue weighted by Gasteiger charge is -2.35. The summed E-state index contributed by atoms with van der Waals surface area (Å²) in [4.78, 5) is 1.28. The van der Waals surface area contributed by atoms with Gasteiger partial charge in [-0.25, -0.2) is 0 Å². The van der Waals surface area contributed by atoms with E-state index in [9.17, 15) is 0 Å². The van der Waals surface area contributed by atoms with Crippen LogP contribution in [0.5, 0.6) is 0 Å². The standard InChI is InChI=1S/C16H27NOS/c1-4-14(17)16(15-6-5-9-19-15)18-13-8-7-11(2)12(3)10-13/h5-6,9,11-14,16H,4,7-8,10,17H2,1-3H3. The van der Waals surface area contributed by atoms with Crippen LogP contribution in [0, 0.1) is 11.8 Å². The highest BCUT2D eigenvalue weighted by atomic mass is 32.1. The molecule has 1 fully saturated rings. The Hall–Kier alpha value is -0.380. The first-order valence-corrected chi connectivity index (χ1v) is 8.44. The second-order valence-electron chi connectivity index (χ2n) is 6.03. The topological polar surface area (TPSA) is 35.2 Å². The predicted molar refractivity (Wildman–Crippen MR) is 82.4 cm³/mol. The minimum absolute atomic E-state index is 0.0793. The fraction of sp³-hybridized carbons (Fsp3) is 0.750. The zero-order valence-electron chi connectivity index (χ0n) is 12.3. The predicted octanol–water partition coefficient (Wildman–Crippen LogP) is 4.37. The highest BCUT2D eigenvalue weighted by molar-refractivity contribution is 7.10. The van der Waals surface area contributed by atoms with Crippen molar-refractivity contribution in [3.63, 3.8) is 0 Å². The minimum atomic E-state index is 0.0793. The summed E-state index contributed by atoms with van der Waals surface area (Å²) in [6.07, 6.45) is 5.07. The van der Waals surface area contributed by atoms with Gasteiger partial charge in [0.1, 0.15) is 6.10 Å². The van der Waals surface area contributed by atoms with Crippen LogP contribution in [0.4, 0.5) is 0 Å². The Bertz CT molecular complexity index is 365. The van der Waals surface area contributed by atoms with Gasteiger partial charge in [-0.1, -0.05) is 26.8 Å². The Labute approximate surface area is 121 Å². The van der Waals surface area contributed by atoms with E-state index < -0.39 is 0 Å². The first kappa shape index (κ1) is 15.0. The van der Waals surface area contributed by atoms with E-state index in [0.29, 0.717) is 6.10 Å². The summed E-state index contributed by atoms with van der Waals surface area (Å²) in [5.74, 6) is 1.60. The van der Waals surface area contributed by atoms with Gasteiger partial charge in [0.25, 0.3) is 0 Å². The van der Waals surface area contributed by atoms with Crippen molar-refractivity contribution in [1.29, 1.82) is 0 Å². The zero-order chi connectivity index (χ0) is 13.8. The Morgan fingerprint density at radius 1 is 1.37 bits per heavy atom. The van der Waals surface area contributed by atoms with Crippen LogP contribution < -0.4 is 5.73 Å². The maximum Gasteiger partial charge on any atom is 0.107 e. The van der Waals surface area contributed by atoms with Crippen LogP contribution in [0.25, 0.3) is 0 Å². The van der Waals surface area contributed by atoms with E-state index in [1.54, 1.807) is 11.3 Å². The average Bonchev–Trinajstić information content (AvgIpc) is 2.93. The van der Waals surface area contributed by atoms with E-state index in [4.69, 9.17) is 10.5 Å². The lowest BCUT2D eigenvalue weighted by Crippen LogP contribution is -2.34. The molecule has 0 amide bonds. The highest BCUT2D eigenvalue weighted by Gasteiger charge is 2.29. The van der Waals surface area contributed by atoms with Crippen molar-refractivity contribution in [1.82, 2.24) is 0 Å². The lowest BCUT2D eigenvalue weighted by molar-refractivity contribution is -0.0579. The summed E-state index contributed by atoms with van der Waals surface area (Å²) in [5.41, 5.74) is 6.27. The Morgan fingerprint density at radius 2 is 2.16 bits per heavy atom. The van der Waals surface area contributed by atoms with Crippen molar-refractivity contribution < 1.29 is 4.74 Å². The molecule has 0 aliphatic heterocycles. The highest BCUT2D eigenvalue weighted by Crippen LogP contribution is 2.35. The van der Waals surface area contributed by atoms with Crippen LogP contribution in [0.2, 0.25) is 0 Å². The van der Waals surface area contributed by atoms with Crippen molar-refractivity contribution >= 4 is 11.3 Å². The number of rotatable bonds is 5. The second kappa shape index (κ2) is 6.87. The van der Waals surface area contributed by atoms with Crippen LogP contribution in [0.1, 0.15) is 57.4 Å². The van der Waals surface area contributed by atoms with Crippen LogP contribution in [-0.4, -0.2) is 12.1 Å². The molecular formula is C16H27NOS. The Kier molecular flexibility index (Phi) is 5.43. The Morgan fingerprint density at radius 3 is 2.74 bits per heavy atom. The molecule has 1 aliphatic rings. The molecule has 19 heavy (non-hydrogen) atoms. The molecule has 5 unspecified atom stereocenters. The number of ether oxygens (including phenoxy) is 1. The molecule has 1 heterocycles. The smallest absolute Gasteiger partial charge is 0.107 e. The normalized spacial score (nSPS) is 31.1. The van der Waals surface area contributed by atoms with Gasteiger partial charge in [0, 0.05) is 10.9 Å². The molecule has 1 aliphatic carbocycles. The first-order chi connectivity index (χ1) is 9.11. The number of thiophene rings is 1. The van der Waals surface area contributed by atoms with Crippen molar-refractivity contribution in [2.45, 2.75) is 64.7 Å². The largest absolute Gasteiger partial charge is 0.368 e. The maximum atomic E-state index is 6.39. The minimum Gasteiger partial charge on any atom is -0.368 e. The average molecular weight is 281 g/mol. The fourth-order valence-corrected chi connectivity index (χ4v) is 3.71. The molecule has 2 nitrogen and oxygen atoms in total. The fourth-order valence-electron chi connectivity index (χ4n) is 2.88. The van der Waals surface area contributed by atoms with E-state index in [1.807, 2.05) is 0 Å². The third-order valence-corrected chi connectivity index (χ3v) is 5.51. The lowest BCUT2D eigenvalue weighted by atomic mass is 9.80. The van der Waals surface area contributed by atoms with E-state index in [0.717, 1.165) is 18.3 Å². The van der Waals surface area contributed by atoms with Gasteiger partial charge in [-0.2, -0.15) is 0 Å². The van der Waals surface area contributed by atoms with Crippen molar-refractivity contribution in [3.8, 4) is 0 Å². The molecule has 1 aromatic rings. The molecule has 108 valence electrons. The van der Waals surface area contributed by atoms with Crippen LogP contribution in [0.15, 0.2) is 17.5 Å². The summed E-state index contributed by atoms with van der Waals surface area (Å²) in [6.45, 7) is 6.84. The molecule has 2 rings (SSSR count). The molecule has 0 spiro atoms. The van der Waals surface area contributed by atoms with Gasteiger partial charge in [0.2, 0.25) is 0 Å². The van der Waals surface area contributed by atoms with Crippen molar-refractivity contribution in [3.05, 3.63) is 22.4 Å². The van der Waals surface area contributed by atoms with Crippen LogP contribution in [0.3, 0.4) is 0 Å². The number of hydrogen-bond donors (Lipinski definition) is 1. The Balaban J connectivity index is 2.00. The first-order valence-electron chi connectivity index (χ1n) is 7.56. The molecule has 5 atom stereocenters. The zero-order valence-corrected chi connectivity index (χ0v) is 13.2. The van der Waals surface area contributed by atoms with Gasteiger partial charge in [0.15, 0.2) is 0 Å². The third kappa shape index (κ3) is 3.80. The van der Waals surface area contributed by atoms with E-state index >= 15 is 0 Å². The van der Waals surface area contributed by atoms with Gasteiger partial charge >= 0.3 is 0 Å². The van der Waals surface area contributed by atoms with Crippen LogP contribution in [-0.2, 0) is 4.74 Å².